The summed E-state index contributed by atoms with van der Waals surface area (Å²) in [6, 6.07) is 7.02. The molecule has 0 aromatic heterocycles. The molecule has 0 N–H and O–H groups in total. The van der Waals surface area contributed by atoms with Crippen LogP contribution < -0.4 is 4.90 Å². The molecule has 1 amide bonds. The number of carbonyl (C=O) groups is 2. The summed E-state index contributed by atoms with van der Waals surface area (Å²) in [5.41, 5.74) is 3.13. The third-order valence-corrected chi connectivity index (χ3v) is 6.76. The van der Waals surface area contributed by atoms with Gasteiger partial charge in [-0.15, -0.1) is 0 Å². The summed E-state index contributed by atoms with van der Waals surface area (Å²) in [7, 11) is 0. The van der Waals surface area contributed by atoms with Gasteiger partial charge in [0.1, 0.15) is 0 Å². The van der Waals surface area contributed by atoms with E-state index in [2.05, 4.69) is 17.9 Å². The predicted molar refractivity (Wildman–Crippen MR) is 108 cm³/mol. The molecule has 1 aromatic carbocycles. The van der Waals surface area contributed by atoms with Crippen LogP contribution in [0.3, 0.4) is 0 Å². The lowest BCUT2D eigenvalue weighted by Gasteiger charge is -2.43. The maximum absolute atomic E-state index is 12.7. The smallest absolute Gasteiger partial charge is 0.294 e. The van der Waals surface area contributed by atoms with E-state index in [0.29, 0.717) is 0 Å². The molecular formula is C23H32N2O2. The van der Waals surface area contributed by atoms with Crippen molar-refractivity contribution in [3.05, 3.63) is 29.3 Å². The fourth-order valence-corrected chi connectivity index (χ4v) is 5.21. The Bertz CT molecular complexity index is 698. The summed E-state index contributed by atoms with van der Waals surface area (Å²) in [6.07, 6.45) is 11.7. The molecule has 0 radical (unpaired) electrons. The second-order valence-electron chi connectivity index (χ2n) is 8.67. The zero-order valence-electron chi connectivity index (χ0n) is 16.6. The van der Waals surface area contributed by atoms with Crippen molar-refractivity contribution in [1.82, 2.24) is 4.90 Å². The molecule has 1 saturated carbocycles. The summed E-state index contributed by atoms with van der Waals surface area (Å²) in [4.78, 5) is 29.5. The molecule has 0 atom stereocenters. The molecule has 2 heterocycles. The fourth-order valence-electron chi connectivity index (χ4n) is 5.21. The highest BCUT2D eigenvalue weighted by Gasteiger charge is 2.37. The zero-order chi connectivity index (χ0) is 18.8. The van der Waals surface area contributed by atoms with E-state index in [-0.39, 0.29) is 24.2 Å². The first-order valence-electron chi connectivity index (χ1n) is 10.8. The topological polar surface area (TPSA) is 40.6 Å². The van der Waals surface area contributed by atoms with Gasteiger partial charge in [0.25, 0.3) is 5.91 Å². The normalized spacial score (nSPS) is 23.8. The monoisotopic (exact) mass is 368 g/mol. The number of hydrogen-bond donors (Lipinski definition) is 0. The Morgan fingerprint density at radius 2 is 1.52 bits per heavy atom. The van der Waals surface area contributed by atoms with E-state index in [1.807, 2.05) is 17.0 Å². The molecule has 146 valence electrons. The molecule has 2 aliphatic heterocycles. The number of benzene rings is 1. The molecule has 2 fully saturated rings. The highest BCUT2D eigenvalue weighted by atomic mass is 16.2. The van der Waals surface area contributed by atoms with Gasteiger partial charge in [0.05, 0.1) is 0 Å². The summed E-state index contributed by atoms with van der Waals surface area (Å²) in [5.74, 6) is -0.550. The van der Waals surface area contributed by atoms with Crippen molar-refractivity contribution < 1.29 is 9.59 Å². The molecule has 4 rings (SSSR count). The predicted octanol–water partition coefficient (Wildman–Crippen LogP) is 4.03. The molecule has 0 unspecified atom stereocenters. The van der Waals surface area contributed by atoms with Crippen molar-refractivity contribution in [3.8, 4) is 0 Å². The van der Waals surface area contributed by atoms with Crippen LogP contribution in [0.4, 0.5) is 5.69 Å². The minimum absolute atomic E-state index is 0.159. The molecular weight excluding hydrogens is 336 g/mol. The van der Waals surface area contributed by atoms with Crippen LogP contribution in [0.15, 0.2) is 18.2 Å². The molecule has 0 spiro atoms. The van der Waals surface area contributed by atoms with Crippen LogP contribution in [0.25, 0.3) is 0 Å². The second kappa shape index (κ2) is 8.14. The first-order valence-corrected chi connectivity index (χ1v) is 10.8. The quantitative estimate of drug-likeness (QED) is 0.740. The number of nitrogens with zero attached hydrogens (tertiary/aromatic N) is 2. The maximum atomic E-state index is 12.7. The van der Waals surface area contributed by atoms with Crippen LogP contribution in [-0.2, 0) is 16.0 Å². The number of amides is 1. The number of likely N-dealkylation sites (tertiary alicyclic amines) is 1. The molecule has 3 aliphatic rings. The standard InChI is InChI=1S/C23H32N2O2/c1-17-9-10-18-16-22(26)23(27)25(21(18)15-17)20-11-13-24(14-12-20)19-7-5-3-2-4-6-8-19/h9-10,15,19-20H,2-8,11-14,16H2,1H3. The van der Waals surface area contributed by atoms with Crippen molar-refractivity contribution >= 4 is 17.4 Å². The summed E-state index contributed by atoms with van der Waals surface area (Å²) < 4.78 is 0. The number of Topliss-reactive ketones (excluding diaryl/α,β-unsaturated/α-hetero) is 1. The number of fused-ring (bicyclic) bond motifs is 1. The van der Waals surface area contributed by atoms with Crippen LogP contribution in [0.1, 0.15) is 68.9 Å². The third-order valence-electron chi connectivity index (χ3n) is 6.76. The molecule has 27 heavy (non-hydrogen) atoms. The Balaban J connectivity index is 1.46. The van der Waals surface area contributed by atoms with Gasteiger partial charge in [0.2, 0.25) is 5.78 Å². The Kier molecular flexibility index (Phi) is 5.63. The number of aryl methyl sites for hydroxylation is 1. The van der Waals surface area contributed by atoms with E-state index in [1.54, 1.807) is 0 Å². The highest BCUT2D eigenvalue weighted by molar-refractivity contribution is 6.43. The number of ketones is 1. The van der Waals surface area contributed by atoms with Crippen molar-refractivity contribution in [2.45, 2.75) is 83.2 Å². The lowest BCUT2D eigenvalue weighted by atomic mass is 9.91. The first-order chi connectivity index (χ1) is 13.1. The van der Waals surface area contributed by atoms with E-state index in [4.69, 9.17) is 0 Å². The molecule has 1 aliphatic carbocycles. The van der Waals surface area contributed by atoms with E-state index >= 15 is 0 Å². The van der Waals surface area contributed by atoms with Gasteiger partial charge >= 0.3 is 0 Å². The average molecular weight is 369 g/mol. The van der Waals surface area contributed by atoms with Crippen LogP contribution in [0.2, 0.25) is 0 Å². The number of piperidine rings is 1. The molecule has 4 heteroatoms. The maximum Gasteiger partial charge on any atom is 0.294 e. The molecule has 1 aromatic rings. The van der Waals surface area contributed by atoms with E-state index in [0.717, 1.165) is 48.8 Å². The van der Waals surface area contributed by atoms with Crippen molar-refractivity contribution in [2.75, 3.05) is 18.0 Å². The first kappa shape index (κ1) is 18.7. The lowest BCUT2D eigenvalue weighted by Crippen LogP contribution is -2.53. The lowest BCUT2D eigenvalue weighted by molar-refractivity contribution is -0.136. The van der Waals surface area contributed by atoms with E-state index in [1.165, 1.54) is 44.9 Å². The average Bonchev–Trinajstić information content (AvgIpc) is 2.64. The van der Waals surface area contributed by atoms with E-state index in [9.17, 15) is 9.59 Å². The number of anilines is 1. The summed E-state index contributed by atoms with van der Waals surface area (Å²) >= 11 is 0. The fraction of sp³-hybridized carbons (Fsp3) is 0.652. The van der Waals surface area contributed by atoms with E-state index < -0.39 is 0 Å². The van der Waals surface area contributed by atoms with Crippen molar-refractivity contribution in [3.63, 3.8) is 0 Å². The van der Waals surface area contributed by atoms with Crippen LogP contribution in [0, 0.1) is 6.92 Å². The highest BCUT2D eigenvalue weighted by Crippen LogP contribution is 2.33. The molecule has 1 saturated heterocycles. The van der Waals surface area contributed by atoms with Gasteiger partial charge in [0, 0.05) is 37.3 Å². The van der Waals surface area contributed by atoms with Gasteiger partial charge in [-0.1, -0.05) is 44.2 Å². The largest absolute Gasteiger partial charge is 0.302 e. The SMILES string of the molecule is Cc1ccc2c(c1)N(C1CCN(C3CCCCCCC3)CC1)C(=O)C(=O)C2. The Morgan fingerprint density at radius 1 is 0.852 bits per heavy atom. The van der Waals surface area contributed by atoms with Gasteiger partial charge in [0.15, 0.2) is 0 Å². The number of carbonyl (C=O) groups excluding carboxylic acids is 2. The van der Waals surface area contributed by atoms with Gasteiger partial charge in [-0.25, -0.2) is 0 Å². The number of rotatable bonds is 2. The van der Waals surface area contributed by atoms with Crippen LogP contribution in [0.5, 0.6) is 0 Å². The van der Waals surface area contributed by atoms with Gasteiger partial charge < -0.3 is 9.80 Å². The van der Waals surface area contributed by atoms with Crippen LogP contribution >= 0.6 is 0 Å². The zero-order valence-corrected chi connectivity index (χ0v) is 16.6. The Morgan fingerprint density at radius 3 is 2.22 bits per heavy atom. The third kappa shape index (κ3) is 3.96. The molecule has 4 nitrogen and oxygen atoms in total. The van der Waals surface area contributed by atoms with Crippen molar-refractivity contribution in [2.24, 2.45) is 0 Å². The summed E-state index contributed by atoms with van der Waals surface area (Å²) in [5, 5.41) is 0. The minimum atomic E-state index is -0.294. The Labute approximate surface area is 162 Å². The number of hydrogen-bond acceptors (Lipinski definition) is 3. The second-order valence-corrected chi connectivity index (χ2v) is 8.67. The van der Waals surface area contributed by atoms with Crippen LogP contribution in [-0.4, -0.2) is 41.8 Å². The summed E-state index contributed by atoms with van der Waals surface area (Å²) in [6.45, 7) is 4.15. The van der Waals surface area contributed by atoms with Gasteiger partial charge in [-0.2, -0.15) is 0 Å². The molecule has 0 bridgehead atoms. The van der Waals surface area contributed by atoms with Gasteiger partial charge in [-0.3, -0.25) is 9.59 Å². The minimum Gasteiger partial charge on any atom is -0.302 e. The van der Waals surface area contributed by atoms with Crippen molar-refractivity contribution in [1.29, 1.82) is 0 Å². The Hall–Kier alpha value is -1.68. The van der Waals surface area contributed by atoms with Gasteiger partial charge in [-0.05, 0) is 49.8 Å².